The third-order valence-electron chi connectivity index (χ3n) is 6.88. The second-order valence-electron chi connectivity index (χ2n) is 10.2. The molecular formula is C29H41ClN2O3. The molecule has 0 spiro atoms. The Balaban J connectivity index is 1.67. The summed E-state index contributed by atoms with van der Waals surface area (Å²) in [6.07, 6.45) is 1.34. The Morgan fingerprint density at radius 2 is 1.77 bits per heavy atom. The predicted molar refractivity (Wildman–Crippen MR) is 144 cm³/mol. The molecule has 2 atom stereocenters. The van der Waals surface area contributed by atoms with E-state index in [0.717, 1.165) is 30.1 Å². The molecule has 2 aromatic carbocycles. The highest BCUT2D eigenvalue weighted by Gasteiger charge is 2.28. The Bertz CT molecular complexity index is 986. The SMILES string of the molecule is Cc1ccc(N2CCN(C(=O)C(C)Cc3ccc(Cl)cc3C)CC2)c([C@H](OCCCO)C(C)C)c1. The van der Waals surface area contributed by atoms with Crippen LogP contribution in [0.4, 0.5) is 5.69 Å². The van der Waals surface area contributed by atoms with E-state index >= 15 is 0 Å². The quantitative estimate of drug-likeness (QED) is 0.433. The van der Waals surface area contributed by atoms with Crippen molar-refractivity contribution in [1.29, 1.82) is 0 Å². The molecular weight excluding hydrogens is 460 g/mol. The summed E-state index contributed by atoms with van der Waals surface area (Å²) in [5.74, 6) is 0.464. The maximum absolute atomic E-state index is 13.2. The fourth-order valence-electron chi connectivity index (χ4n) is 4.89. The van der Waals surface area contributed by atoms with Crippen LogP contribution in [0.5, 0.6) is 0 Å². The monoisotopic (exact) mass is 500 g/mol. The number of hydrogen-bond donors (Lipinski definition) is 1. The van der Waals surface area contributed by atoms with E-state index < -0.39 is 0 Å². The lowest BCUT2D eigenvalue weighted by atomic mass is 9.94. The van der Waals surface area contributed by atoms with E-state index in [1.165, 1.54) is 22.4 Å². The van der Waals surface area contributed by atoms with Gasteiger partial charge in [0.1, 0.15) is 0 Å². The Labute approximate surface area is 216 Å². The molecule has 192 valence electrons. The molecule has 0 aliphatic carbocycles. The van der Waals surface area contributed by atoms with Crippen molar-refractivity contribution in [2.75, 3.05) is 44.3 Å². The zero-order chi connectivity index (χ0) is 25.5. The molecule has 6 heteroatoms. The number of hydrogen-bond acceptors (Lipinski definition) is 4. The molecule has 35 heavy (non-hydrogen) atoms. The smallest absolute Gasteiger partial charge is 0.225 e. The van der Waals surface area contributed by atoms with Gasteiger partial charge in [0.15, 0.2) is 0 Å². The van der Waals surface area contributed by atoms with E-state index in [1.807, 2.05) is 36.9 Å². The van der Waals surface area contributed by atoms with Crippen LogP contribution in [0.3, 0.4) is 0 Å². The van der Waals surface area contributed by atoms with Crippen molar-refractivity contribution in [2.45, 2.75) is 53.6 Å². The van der Waals surface area contributed by atoms with Crippen LogP contribution >= 0.6 is 11.6 Å². The molecule has 1 aliphatic rings. The summed E-state index contributed by atoms with van der Waals surface area (Å²) in [7, 11) is 0. The minimum absolute atomic E-state index is 0.0289. The van der Waals surface area contributed by atoms with Crippen molar-refractivity contribution in [2.24, 2.45) is 11.8 Å². The van der Waals surface area contributed by atoms with E-state index in [2.05, 4.69) is 43.9 Å². The summed E-state index contributed by atoms with van der Waals surface area (Å²) in [6, 6.07) is 12.5. The lowest BCUT2D eigenvalue weighted by Gasteiger charge is -2.39. The number of anilines is 1. The number of piperazine rings is 1. The molecule has 2 aromatic rings. The van der Waals surface area contributed by atoms with Gasteiger partial charge in [0.2, 0.25) is 5.91 Å². The second-order valence-corrected chi connectivity index (χ2v) is 10.6. The van der Waals surface area contributed by atoms with E-state index in [4.69, 9.17) is 16.3 Å². The summed E-state index contributed by atoms with van der Waals surface area (Å²) in [5, 5.41) is 9.91. The highest BCUT2D eigenvalue weighted by Crippen LogP contribution is 2.35. The summed E-state index contributed by atoms with van der Waals surface area (Å²) in [6.45, 7) is 14.3. The zero-order valence-corrected chi connectivity index (χ0v) is 22.6. The second kappa shape index (κ2) is 12.8. The Morgan fingerprint density at radius 1 is 1.06 bits per heavy atom. The van der Waals surface area contributed by atoms with Crippen LogP contribution in [0, 0.1) is 25.7 Å². The number of ether oxygens (including phenoxy) is 1. The molecule has 1 heterocycles. The first-order chi connectivity index (χ1) is 16.7. The molecule has 1 unspecified atom stereocenters. The minimum atomic E-state index is -0.0680. The number of amides is 1. The van der Waals surface area contributed by atoms with E-state index in [-0.39, 0.29) is 24.5 Å². The van der Waals surface area contributed by atoms with Crippen LogP contribution in [0.1, 0.15) is 55.5 Å². The van der Waals surface area contributed by atoms with Gasteiger partial charge in [-0.05, 0) is 61.9 Å². The molecule has 1 saturated heterocycles. The maximum atomic E-state index is 13.2. The Hall–Kier alpha value is -2.08. The Morgan fingerprint density at radius 3 is 2.40 bits per heavy atom. The number of nitrogens with zero attached hydrogens (tertiary/aromatic N) is 2. The predicted octanol–water partition coefficient (Wildman–Crippen LogP) is 5.58. The topological polar surface area (TPSA) is 53.0 Å². The molecule has 0 radical (unpaired) electrons. The molecule has 1 fully saturated rings. The number of halogens is 1. The van der Waals surface area contributed by atoms with Gasteiger partial charge in [-0.15, -0.1) is 0 Å². The molecule has 0 bridgehead atoms. The van der Waals surface area contributed by atoms with Crippen LogP contribution in [0.2, 0.25) is 5.02 Å². The lowest BCUT2D eigenvalue weighted by molar-refractivity contribution is -0.135. The van der Waals surface area contributed by atoms with Crippen molar-refractivity contribution >= 4 is 23.2 Å². The van der Waals surface area contributed by atoms with Gasteiger partial charge >= 0.3 is 0 Å². The normalized spacial score (nSPS) is 16.0. The summed E-state index contributed by atoms with van der Waals surface area (Å²) >= 11 is 6.09. The number of rotatable bonds is 10. The highest BCUT2D eigenvalue weighted by molar-refractivity contribution is 6.30. The van der Waals surface area contributed by atoms with E-state index in [9.17, 15) is 9.90 Å². The molecule has 1 amide bonds. The van der Waals surface area contributed by atoms with Crippen molar-refractivity contribution in [1.82, 2.24) is 4.90 Å². The van der Waals surface area contributed by atoms with E-state index in [0.29, 0.717) is 32.0 Å². The zero-order valence-electron chi connectivity index (χ0n) is 21.9. The van der Waals surface area contributed by atoms with Crippen molar-refractivity contribution < 1.29 is 14.6 Å². The number of benzene rings is 2. The van der Waals surface area contributed by atoms with Gasteiger partial charge in [-0.2, -0.15) is 0 Å². The first-order valence-electron chi connectivity index (χ1n) is 12.8. The van der Waals surface area contributed by atoms with E-state index in [1.54, 1.807) is 0 Å². The first kappa shape index (κ1) is 27.5. The van der Waals surface area contributed by atoms with Crippen LogP contribution in [-0.4, -0.2) is 55.3 Å². The third kappa shape index (κ3) is 7.22. The fraction of sp³-hybridized carbons (Fsp3) is 0.552. The molecule has 3 rings (SSSR count). The largest absolute Gasteiger partial charge is 0.396 e. The number of carbonyl (C=O) groups is 1. The number of aliphatic hydroxyl groups excluding tert-OH is 1. The third-order valence-corrected chi connectivity index (χ3v) is 7.11. The van der Waals surface area contributed by atoms with Gasteiger partial charge in [0.05, 0.1) is 6.10 Å². The number of aliphatic hydroxyl groups is 1. The molecule has 0 saturated carbocycles. The fourth-order valence-corrected chi connectivity index (χ4v) is 5.12. The summed E-state index contributed by atoms with van der Waals surface area (Å²) in [5.41, 5.74) is 5.91. The summed E-state index contributed by atoms with van der Waals surface area (Å²) < 4.78 is 6.22. The van der Waals surface area contributed by atoms with Gasteiger partial charge < -0.3 is 19.6 Å². The minimum Gasteiger partial charge on any atom is -0.396 e. The molecule has 5 nitrogen and oxygen atoms in total. The number of carbonyl (C=O) groups excluding carboxylic acids is 1. The van der Waals surface area contributed by atoms with Gasteiger partial charge in [0.25, 0.3) is 0 Å². The standard InChI is InChI=1S/C29H41ClN2O3/c1-20(2)28(35-16-6-15-33)26-17-21(3)7-10-27(26)31-11-13-32(14-12-31)29(34)23(5)18-24-8-9-25(30)19-22(24)4/h7-10,17,19-20,23,28,33H,6,11-16,18H2,1-5H3/t23?,28-/m1/s1. The first-order valence-corrected chi connectivity index (χ1v) is 13.2. The average molecular weight is 501 g/mol. The van der Waals surface area contributed by atoms with Crippen molar-refractivity contribution in [3.63, 3.8) is 0 Å². The van der Waals surface area contributed by atoms with Gasteiger partial charge in [-0.3, -0.25) is 4.79 Å². The van der Waals surface area contributed by atoms with Crippen LogP contribution in [0.15, 0.2) is 36.4 Å². The molecule has 1 aliphatic heterocycles. The summed E-state index contributed by atoms with van der Waals surface area (Å²) in [4.78, 5) is 17.6. The molecule has 1 N–H and O–H groups in total. The van der Waals surface area contributed by atoms with Crippen molar-refractivity contribution in [3.8, 4) is 0 Å². The van der Waals surface area contributed by atoms with Crippen LogP contribution in [0.25, 0.3) is 0 Å². The lowest BCUT2D eigenvalue weighted by Crippen LogP contribution is -2.50. The Kier molecular flexibility index (Phi) is 10.0. The van der Waals surface area contributed by atoms with Gasteiger partial charge in [0, 0.05) is 61.6 Å². The van der Waals surface area contributed by atoms with Crippen molar-refractivity contribution in [3.05, 3.63) is 63.7 Å². The van der Waals surface area contributed by atoms with Crippen LogP contribution < -0.4 is 4.90 Å². The maximum Gasteiger partial charge on any atom is 0.225 e. The van der Waals surface area contributed by atoms with Crippen LogP contribution in [-0.2, 0) is 16.0 Å². The molecule has 0 aromatic heterocycles. The van der Waals surface area contributed by atoms with Gasteiger partial charge in [-0.25, -0.2) is 0 Å². The average Bonchev–Trinajstić information content (AvgIpc) is 2.83. The van der Waals surface area contributed by atoms with Gasteiger partial charge in [-0.1, -0.05) is 56.1 Å². The number of aryl methyl sites for hydroxylation is 2. The highest BCUT2D eigenvalue weighted by atomic mass is 35.5.